The number of hydrogen-bond donors (Lipinski definition) is 1. The molecule has 18 heavy (non-hydrogen) atoms. The molecule has 0 N–H and O–H groups in total. The minimum atomic E-state index is 0.228. The van der Waals surface area contributed by atoms with Crippen LogP contribution in [0.1, 0.15) is 12.0 Å². The molecule has 0 bridgehead atoms. The number of amides is 1. The van der Waals surface area contributed by atoms with E-state index in [1.165, 1.54) is 5.56 Å². The zero-order chi connectivity index (χ0) is 13.0. The van der Waals surface area contributed by atoms with Crippen LogP contribution in [-0.4, -0.2) is 30.2 Å². The van der Waals surface area contributed by atoms with Crippen LogP contribution in [0, 0.1) is 5.92 Å². The number of thiol groups is 1. The molecular weight excluding hydrogens is 262 g/mol. The van der Waals surface area contributed by atoms with Gasteiger partial charge in [0, 0.05) is 18.7 Å². The average molecular weight is 281 g/mol. The fourth-order valence-corrected chi connectivity index (χ4v) is 2.90. The lowest BCUT2D eigenvalue weighted by atomic mass is 10.1. The van der Waals surface area contributed by atoms with E-state index < -0.39 is 0 Å². The maximum absolute atomic E-state index is 11.9. The van der Waals surface area contributed by atoms with Crippen molar-refractivity contribution in [2.45, 2.75) is 12.8 Å². The van der Waals surface area contributed by atoms with Crippen molar-refractivity contribution in [1.29, 1.82) is 0 Å². The van der Waals surface area contributed by atoms with Gasteiger partial charge in [0.1, 0.15) is 0 Å². The van der Waals surface area contributed by atoms with Gasteiger partial charge in [-0.1, -0.05) is 12.1 Å². The van der Waals surface area contributed by atoms with E-state index in [0.29, 0.717) is 12.3 Å². The van der Waals surface area contributed by atoms with Crippen molar-refractivity contribution in [2.24, 2.45) is 5.92 Å². The Kier molecular flexibility index (Phi) is 5.01. The van der Waals surface area contributed by atoms with Crippen molar-refractivity contribution >= 4 is 36.0 Å². The molecule has 1 unspecified atom stereocenters. The van der Waals surface area contributed by atoms with E-state index in [-0.39, 0.29) is 5.91 Å². The Hall–Kier alpha value is -0.610. The van der Waals surface area contributed by atoms with Gasteiger partial charge >= 0.3 is 0 Å². The Morgan fingerprint density at radius 2 is 2.11 bits per heavy atom. The lowest BCUT2D eigenvalue weighted by molar-refractivity contribution is -0.117. The van der Waals surface area contributed by atoms with E-state index in [0.717, 1.165) is 30.2 Å². The van der Waals surface area contributed by atoms with Crippen molar-refractivity contribution < 1.29 is 4.79 Å². The van der Waals surface area contributed by atoms with Gasteiger partial charge in [0.25, 0.3) is 0 Å². The number of nitrogens with zero attached hydrogens (tertiary/aromatic N) is 1. The first-order valence-electron chi connectivity index (χ1n) is 6.23. The standard InChI is InChI=1S/C14H19NOS2/c1-18-7-6-11-2-4-13(5-3-11)15-9-12(10-17)8-14(15)16/h2-5,12,17H,6-10H2,1H3. The molecule has 1 aromatic carbocycles. The molecule has 0 spiro atoms. The fraction of sp³-hybridized carbons (Fsp3) is 0.500. The summed E-state index contributed by atoms with van der Waals surface area (Å²) in [6.45, 7) is 0.812. The minimum Gasteiger partial charge on any atom is -0.312 e. The third-order valence-corrected chi connectivity index (χ3v) is 4.43. The Bertz CT molecular complexity index is 405. The third kappa shape index (κ3) is 3.23. The summed E-state index contributed by atoms with van der Waals surface area (Å²) in [5.41, 5.74) is 2.36. The maximum atomic E-state index is 11.9. The second-order valence-electron chi connectivity index (χ2n) is 4.67. The van der Waals surface area contributed by atoms with Gasteiger partial charge in [-0.15, -0.1) is 0 Å². The molecule has 1 atom stereocenters. The predicted octanol–water partition coefficient (Wildman–Crippen LogP) is 2.87. The van der Waals surface area contributed by atoms with Gasteiger partial charge in [-0.2, -0.15) is 24.4 Å². The summed E-state index contributed by atoms with van der Waals surface area (Å²) in [4.78, 5) is 13.8. The number of carbonyl (C=O) groups excluding carboxylic acids is 1. The number of carbonyl (C=O) groups is 1. The molecule has 1 aromatic rings. The van der Waals surface area contributed by atoms with Crippen molar-refractivity contribution in [1.82, 2.24) is 0 Å². The van der Waals surface area contributed by atoms with Crippen molar-refractivity contribution in [2.75, 3.05) is 29.2 Å². The van der Waals surface area contributed by atoms with Crippen LogP contribution >= 0.6 is 24.4 Å². The van der Waals surface area contributed by atoms with E-state index in [1.807, 2.05) is 16.7 Å². The first kappa shape index (κ1) is 13.8. The van der Waals surface area contributed by atoms with Crippen LogP contribution in [0.4, 0.5) is 5.69 Å². The number of anilines is 1. The third-order valence-electron chi connectivity index (χ3n) is 3.31. The number of rotatable bonds is 5. The Morgan fingerprint density at radius 3 is 2.67 bits per heavy atom. The van der Waals surface area contributed by atoms with Gasteiger partial charge < -0.3 is 4.90 Å². The zero-order valence-electron chi connectivity index (χ0n) is 10.6. The predicted molar refractivity (Wildman–Crippen MR) is 82.8 cm³/mol. The molecule has 1 fully saturated rings. The maximum Gasteiger partial charge on any atom is 0.227 e. The quantitative estimate of drug-likeness (QED) is 0.838. The average Bonchev–Trinajstić information content (AvgIpc) is 2.78. The van der Waals surface area contributed by atoms with E-state index in [4.69, 9.17) is 0 Å². The summed E-state index contributed by atoms with van der Waals surface area (Å²) < 4.78 is 0. The van der Waals surface area contributed by atoms with Gasteiger partial charge in [-0.3, -0.25) is 4.79 Å². The van der Waals surface area contributed by atoms with Crippen LogP contribution in [0.15, 0.2) is 24.3 Å². The summed E-state index contributed by atoms with van der Waals surface area (Å²) in [7, 11) is 0. The van der Waals surface area contributed by atoms with E-state index >= 15 is 0 Å². The summed E-state index contributed by atoms with van der Waals surface area (Å²) in [6, 6.07) is 8.39. The summed E-state index contributed by atoms with van der Waals surface area (Å²) in [6.07, 6.45) is 3.85. The zero-order valence-corrected chi connectivity index (χ0v) is 12.3. The lowest BCUT2D eigenvalue weighted by Gasteiger charge is -2.16. The Balaban J connectivity index is 2.03. The van der Waals surface area contributed by atoms with Crippen LogP contribution in [0.2, 0.25) is 0 Å². The van der Waals surface area contributed by atoms with E-state index in [2.05, 4.69) is 43.2 Å². The SMILES string of the molecule is CSCCc1ccc(N2CC(CS)CC2=O)cc1. The summed E-state index contributed by atoms with van der Waals surface area (Å²) >= 11 is 6.14. The van der Waals surface area contributed by atoms with Gasteiger partial charge in [0.15, 0.2) is 0 Å². The number of hydrogen-bond acceptors (Lipinski definition) is 3. The highest BCUT2D eigenvalue weighted by atomic mass is 32.2. The number of aryl methyl sites for hydroxylation is 1. The molecule has 0 aliphatic carbocycles. The largest absolute Gasteiger partial charge is 0.312 e. The molecule has 1 amide bonds. The van der Waals surface area contributed by atoms with Gasteiger partial charge in [0.05, 0.1) is 0 Å². The first-order valence-corrected chi connectivity index (χ1v) is 8.26. The molecule has 1 aliphatic rings. The normalized spacial score (nSPS) is 19.6. The van der Waals surface area contributed by atoms with Gasteiger partial charge in [-0.25, -0.2) is 0 Å². The van der Waals surface area contributed by atoms with Crippen LogP contribution in [-0.2, 0) is 11.2 Å². The molecule has 1 aliphatic heterocycles. The Morgan fingerprint density at radius 1 is 1.39 bits per heavy atom. The van der Waals surface area contributed by atoms with Crippen LogP contribution < -0.4 is 4.90 Å². The van der Waals surface area contributed by atoms with Crippen LogP contribution in [0.3, 0.4) is 0 Å². The van der Waals surface area contributed by atoms with Gasteiger partial charge in [-0.05, 0) is 47.8 Å². The number of thioether (sulfide) groups is 1. The fourth-order valence-electron chi connectivity index (χ4n) is 2.22. The van der Waals surface area contributed by atoms with E-state index in [1.54, 1.807) is 0 Å². The topological polar surface area (TPSA) is 20.3 Å². The van der Waals surface area contributed by atoms with Crippen molar-refractivity contribution in [3.05, 3.63) is 29.8 Å². The molecule has 98 valence electrons. The first-order chi connectivity index (χ1) is 8.74. The molecule has 0 aromatic heterocycles. The molecule has 2 nitrogen and oxygen atoms in total. The van der Waals surface area contributed by atoms with E-state index in [9.17, 15) is 4.79 Å². The summed E-state index contributed by atoms with van der Waals surface area (Å²) in [5, 5.41) is 0. The molecule has 0 saturated carbocycles. The molecule has 2 rings (SSSR count). The van der Waals surface area contributed by atoms with Gasteiger partial charge in [0.2, 0.25) is 5.91 Å². The highest BCUT2D eigenvalue weighted by Crippen LogP contribution is 2.26. The molecule has 1 saturated heterocycles. The molecule has 1 heterocycles. The monoisotopic (exact) mass is 281 g/mol. The summed E-state index contributed by atoms with van der Waals surface area (Å²) in [5.74, 6) is 2.56. The molecule has 0 radical (unpaired) electrons. The van der Waals surface area contributed by atoms with Crippen LogP contribution in [0.25, 0.3) is 0 Å². The highest BCUT2D eigenvalue weighted by molar-refractivity contribution is 7.98. The van der Waals surface area contributed by atoms with Crippen LogP contribution in [0.5, 0.6) is 0 Å². The second-order valence-corrected chi connectivity index (χ2v) is 6.02. The number of benzene rings is 1. The second kappa shape index (κ2) is 6.53. The van der Waals surface area contributed by atoms with Crippen molar-refractivity contribution in [3.63, 3.8) is 0 Å². The lowest BCUT2D eigenvalue weighted by Crippen LogP contribution is -2.24. The highest BCUT2D eigenvalue weighted by Gasteiger charge is 2.29. The van der Waals surface area contributed by atoms with Crippen molar-refractivity contribution in [3.8, 4) is 0 Å². The molecule has 4 heteroatoms. The minimum absolute atomic E-state index is 0.228. The smallest absolute Gasteiger partial charge is 0.227 e. The Labute approximate surface area is 119 Å². The molecular formula is C14H19NOS2.